The van der Waals surface area contributed by atoms with E-state index in [1.165, 1.54) is 37.0 Å². The van der Waals surface area contributed by atoms with Crippen LogP contribution in [0.25, 0.3) is 0 Å². The van der Waals surface area contributed by atoms with Crippen molar-refractivity contribution < 1.29 is 32.5 Å². The fourth-order valence-corrected chi connectivity index (χ4v) is 7.17. The van der Waals surface area contributed by atoms with Gasteiger partial charge in [0.25, 0.3) is 5.91 Å². The van der Waals surface area contributed by atoms with Gasteiger partial charge in [0.2, 0.25) is 0 Å². The monoisotopic (exact) mass is 702 g/mol. The van der Waals surface area contributed by atoms with E-state index >= 15 is 0 Å². The van der Waals surface area contributed by atoms with E-state index in [0.717, 1.165) is 18.5 Å². The second-order valence-corrected chi connectivity index (χ2v) is 13.5. The molecule has 1 aliphatic carbocycles. The normalized spacial score (nSPS) is 14.0. The SMILES string of the molecule is CCN(c1ccccc1)S(=O)c1cccc(NC(=O)N(Cc2ccc(C(=O)NCC(F)(F)C(=O)O)cc2)c2ccc(C3CCCCC3)cc2)c1. The van der Waals surface area contributed by atoms with Gasteiger partial charge in [-0.3, -0.25) is 14.0 Å². The molecule has 1 fully saturated rings. The number of halogens is 2. The third kappa shape index (κ3) is 9.12. The van der Waals surface area contributed by atoms with Crippen LogP contribution in [0.5, 0.6) is 0 Å². The first-order valence-electron chi connectivity index (χ1n) is 16.6. The number of amides is 3. The number of carbonyl (C=O) groups is 3. The molecule has 1 unspecified atom stereocenters. The quantitative estimate of drug-likeness (QED) is 0.131. The number of alkyl halides is 2. The van der Waals surface area contributed by atoms with E-state index in [1.807, 2.05) is 54.7 Å². The number of hydrogen-bond acceptors (Lipinski definition) is 4. The molecule has 4 aromatic carbocycles. The van der Waals surface area contributed by atoms with Crippen LogP contribution in [-0.4, -0.2) is 46.2 Å². The Balaban J connectivity index is 1.35. The molecule has 4 aromatic rings. The zero-order valence-corrected chi connectivity index (χ0v) is 28.5. The van der Waals surface area contributed by atoms with Crippen molar-refractivity contribution in [2.75, 3.05) is 27.6 Å². The van der Waals surface area contributed by atoms with Crippen molar-refractivity contribution in [1.82, 2.24) is 5.32 Å². The summed E-state index contributed by atoms with van der Waals surface area (Å²) >= 11 is 0. The Labute approximate surface area is 292 Å². The number of nitrogens with zero attached hydrogens (tertiary/aromatic N) is 2. The van der Waals surface area contributed by atoms with Crippen LogP contribution in [0.2, 0.25) is 0 Å². The molecule has 9 nitrogen and oxygen atoms in total. The lowest BCUT2D eigenvalue weighted by molar-refractivity contribution is -0.163. The Morgan fingerprint density at radius 3 is 2.18 bits per heavy atom. The average Bonchev–Trinajstić information content (AvgIpc) is 3.14. The maximum atomic E-state index is 14.0. The lowest BCUT2D eigenvalue weighted by Gasteiger charge is -2.26. The minimum absolute atomic E-state index is 0.0595. The largest absolute Gasteiger partial charge is 0.477 e. The van der Waals surface area contributed by atoms with Crippen LogP contribution < -0.4 is 19.8 Å². The summed E-state index contributed by atoms with van der Waals surface area (Å²) in [6.45, 7) is 1.19. The number of para-hydroxylation sites is 1. The second kappa shape index (κ2) is 16.5. The molecule has 0 spiro atoms. The van der Waals surface area contributed by atoms with E-state index in [9.17, 15) is 27.4 Å². The highest BCUT2D eigenvalue weighted by molar-refractivity contribution is 7.86. The van der Waals surface area contributed by atoms with Gasteiger partial charge in [0.05, 0.1) is 18.0 Å². The highest BCUT2D eigenvalue weighted by Crippen LogP contribution is 2.34. The summed E-state index contributed by atoms with van der Waals surface area (Å²) in [6, 6.07) is 29.9. The zero-order chi connectivity index (χ0) is 35.7. The molecule has 1 saturated carbocycles. The fraction of sp³-hybridized carbons (Fsp3) is 0.289. The molecular weight excluding hydrogens is 663 g/mol. The molecule has 5 rings (SSSR count). The van der Waals surface area contributed by atoms with Gasteiger partial charge in [-0.25, -0.2) is 13.8 Å². The summed E-state index contributed by atoms with van der Waals surface area (Å²) in [5.74, 6) is -6.79. The standard InChI is InChI=1S/C38H40F2N4O5S/c1-2-44(33-13-7-4-8-14-33)50(49)34-15-9-12-31(24-34)42-37(48)43(32-22-20-29(21-23-32)28-10-5-3-6-11-28)25-27-16-18-30(19-17-27)35(45)41-26-38(39,40)36(46)47/h4,7-9,12-24,28H,2-3,5-6,10-11,25-26H2,1H3,(H,41,45)(H,42,48)(H,46,47). The smallest absolute Gasteiger partial charge is 0.376 e. The molecule has 0 saturated heterocycles. The van der Waals surface area contributed by atoms with Crippen molar-refractivity contribution in [3.05, 3.63) is 120 Å². The van der Waals surface area contributed by atoms with E-state index in [2.05, 4.69) is 17.4 Å². The lowest BCUT2D eigenvalue weighted by atomic mass is 9.84. The molecule has 3 amide bonds. The van der Waals surface area contributed by atoms with E-state index in [1.54, 1.807) is 45.6 Å². The van der Waals surface area contributed by atoms with Gasteiger partial charge in [-0.2, -0.15) is 8.78 Å². The number of benzene rings is 4. The summed E-state index contributed by atoms with van der Waals surface area (Å²) in [5.41, 5.74) is 3.85. The number of nitrogens with one attached hydrogen (secondary N) is 2. The molecule has 0 aromatic heterocycles. The Kier molecular flexibility index (Phi) is 12.0. The Hall–Kier alpha value is -5.10. The minimum Gasteiger partial charge on any atom is -0.477 e. The molecule has 0 heterocycles. The van der Waals surface area contributed by atoms with Gasteiger partial charge >= 0.3 is 17.9 Å². The number of carboxylic acids is 1. The molecule has 0 radical (unpaired) electrons. The molecule has 0 aliphatic heterocycles. The van der Waals surface area contributed by atoms with Gasteiger partial charge in [-0.1, -0.05) is 67.8 Å². The van der Waals surface area contributed by atoms with Crippen LogP contribution in [0.15, 0.2) is 108 Å². The first-order valence-corrected chi connectivity index (χ1v) is 17.7. The Bertz CT molecular complexity index is 1800. The van der Waals surface area contributed by atoms with Gasteiger partial charge in [0.1, 0.15) is 0 Å². The fourth-order valence-electron chi connectivity index (χ4n) is 5.95. The van der Waals surface area contributed by atoms with Gasteiger partial charge in [0.15, 0.2) is 11.0 Å². The van der Waals surface area contributed by atoms with Gasteiger partial charge in [-0.05, 0) is 91.4 Å². The Morgan fingerprint density at radius 2 is 1.54 bits per heavy atom. The minimum atomic E-state index is -4.10. The predicted octanol–water partition coefficient (Wildman–Crippen LogP) is 7.97. The highest BCUT2D eigenvalue weighted by Gasteiger charge is 2.39. The first kappa shape index (κ1) is 36.2. The number of carboxylic acid groups (broad SMARTS) is 1. The van der Waals surface area contributed by atoms with Crippen LogP contribution in [0.4, 0.5) is 30.6 Å². The van der Waals surface area contributed by atoms with Gasteiger partial charge < -0.3 is 15.7 Å². The number of anilines is 3. The van der Waals surface area contributed by atoms with Gasteiger partial charge in [-0.15, -0.1) is 0 Å². The molecule has 50 heavy (non-hydrogen) atoms. The molecule has 3 N–H and O–H groups in total. The summed E-state index contributed by atoms with van der Waals surface area (Å²) < 4.78 is 42.3. The number of hydrogen-bond donors (Lipinski definition) is 3. The van der Waals surface area contributed by atoms with Crippen LogP contribution in [0, 0.1) is 0 Å². The molecule has 1 aliphatic rings. The van der Waals surface area contributed by atoms with Crippen molar-refractivity contribution >= 4 is 46.0 Å². The van der Waals surface area contributed by atoms with Crippen molar-refractivity contribution in [2.24, 2.45) is 0 Å². The lowest BCUT2D eigenvalue weighted by Crippen LogP contribution is -2.42. The van der Waals surface area contributed by atoms with E-state index < -0.39 is 41.4 Å². The van der Waals surface area contributed by atoms with Gasteiger partial charge in [0, 0.05) is 29.2 Å². The molecule has 1 atom stereocenters. The predicted molar refractivity (Wildman–Crippen MR) is 191 cm³/mol. The molecular formula is C38H40F2N4O5S. The third-order valence-corrected chi connectivity index (χ3v) is 10.2. The van der Waals surface area contributed by atoms with Crippen LogP contribution >= 0.6 is 0 Å². The number of aliphatic carboxylic acids is 1. The maximum Gasteiger partial charge on any atom is 0.376 e. The first-order chi connectivity index (χ1) is 24.1. The summed E-state index contributed by atoms with van der Waals surface area (Å²) in [4.78, 5) is 39.1. The van der Waals surface area contributed by atoms with E-state index in [0.29, 0.717) is 34.3 Å². The van der Waals surface area contributed by atoms with Crippen molar-refractivity contribution in [3.63, 3.8) is 0 Å². The Morgan fingerprint density at radius 1 is 0.860 bits per heavy atom. The zero-order valence-electron chi connectivity index (χ0n) is 27.7. The molecule has 262 valence electrons. The van der Waals surface area contributed by atoms with E-state index in [-0.39, 0.29) is 12.1 Å². The molecule has 0 bridgehead atoms. The third-order valence-electron chi connectivity index (χ3n) is 8.69. The second-order valence-electron chi connectivity index (χ2n) is 12.1. The average molecular weight is 703 g/mol. The van der Waals surface area contributed by atoms with E-state index in [4.69, 9.17) is 5.11 Å². The topological polar surface area (TPSA) is 119 Å². The van der Waals surface area contributed by atoms with Crippen molar-refractivity contribution in [2.45, 2.75) is 62.3 Å². The van der Waals surface area contributed by atoms with Crippen molar-refractivity contribution in [3.8, 4) is 0 Å². The maximum absolute atomic E-state index is 14.0. The van der Waals surface area contributed by atoms with Crippen LogP contribution in [0.1, 0.15) is 66.4 Å². The molecule has 12 heteroatoms. The van der Waals surface area contributed by atoms with Crippen LogP contribution in [0.3, 0.4) is 0 Å². The summed E-state index contributed by atoms with van der Waals surface area (Å²) in [5, 5.41) is 13.5. The van der Waals surface area contributed by atoms with Crippen molar-refractivity contribution in [1.29, 1.82) is 0 Å². The summed E-state index contributed by atoms with van der Waals surface area (Å²) in [6.07, 6.45) is 5.91. The summed E-state index contributed by atoms with van der Waals surface area (Å²) in [7, 11) is -1.53. The number of rotatable bonds is 13. The number of urea groups is 1. The highest BCUT2D eigenvalue weighted by atomic mass is 32.2. The number of carbonyl (C=O) groups excluding carboxylic acids is 2. The van der Waals surface area contributed by atoms with Crippen LogP contribution in [-0.2, 0) is 22.3 Å².